The number of nitrogens with zero attached hydrogens (tertiary/aromatic N) is 5. The summed E-state index contributed by atoms with van der Waals surface area (Å²) in [4.78, 5) is 23.2. The number of hydrogen-bond donors (Lipinski definition) is 1. The van der Waals surface area contributed by atoms with E-state index in [0.29, 0.717) is 31.7 Å². The highest BCUT2D eigenvalue weighted by Crippen LogP contribution is 2.21. The molecule has 0 aromatic carbocycles. The molecule has 0 radical (unpaired) electrons. The summed E-state index contributed by atoms with van der Waals surface area (Å²) in [6, 6.07) is 5.64. The highest BCUT2D eigenvalue weighted by atomic mass is 19.1. The van der Waals surface area contributed by atoms with Crippen LogP contribution in [-0.2, 0) is 11.8 Å². The molecule has 0 bridgehead atoms. The molecule has 1 amide bonds. The molecule has 27 heavy (non-hydrogen) atoms. The fourth-order valence-electron chi connectivity index (χ4n) is 3.24. The summed E-state index contributed by atoms with van der Waals surface area (Å²) < 4.78 is 14.9. The SMILES string of the molecule is Cn1cc(-c2ccc3cnc(NC(=O)CN4CCC(F)CC4)cc3n2)cn1. The fraction of sp³-hybridized carbons (Fsp3) is 0.368. The maximum Gasteiger partial charge on any atom is 0.239 e. The largest absolute Gasteiger partial charge is 0.310 e. The number of fused-ring (bicyclic) bond motifs is 1. The summed E-state index contributed by atoms with van der Waals surface area (Å²) >= 11 is 0. The zero-order valence-electron chi connectivity index (χ0n) is 15.1. The standard InChI is InChI=1S/C19H21FN6O/c1-25-11-14(10-22-25)16-3-2-13-9-21-18(8-17(13)23-16)24-19(27)12-26-6-4-15(20)5-7-26/h2-3,8-11,15H,4-7,12H2,1H3,(H,21,24,27). The van der Waals surface area contributed by atoms with Gasteiger partial charge >= 0.3 is 0 Å². The van der Waals surface area contributed by atoms with Gasteiger partial charge in [0.2, 0.25) is 5.91 Å². The lowest BCUT2D eigenvalue weighted by Crippen LogP contribution is -2.39. The van der Waals surface area contributed by atoms with Crippen LogP contribution in [-0.4, -0.2) is 56.4 Å². The van der Waals surface area contributed by atoms with E-state index < -0.39 is 6.17 Å². The van der Waals surface area contributed by atoms with Crippen molar-refractivity contribution in [3.63, 3.8) is 0 Å². The first-order valence-corrected chi connectivity index (χ1v) is 8.99. The van der Waals surface area contributed by atoms with Crippen LogP contribution in [0.1, 0.15) is 12.8 Å². The van der Waals surface area contributed by atoms with Crippen LogP contribution >= 0.6 is 0 Å². The number of hydrogen-bond acceptors (Lipinski definition) is 5. The van der Waals surface area contributed by atoms with Gasteiger partial charge < -0.3 is 5.32 Å². The van der Waals surface area contributed by atoms with Crippen molar-refractivity contribution in [1.82, 2.24) is 24.6 Å². The van der Waals surface area contributed by atoms with Gasteiger partial charge in [0, 0.05) is 49.5 Å². The summed E-state index contributed by atoms with van der Waals surface area (Å²) in [6.07, 6.45) is 5.59. The molecular weight excluding hydrogens is 347 g/mol. The van der Waals surface area contributed by atoms with Crippen LogP contribution in [0, 0.1) is 0 Å². The summed E-state index contributed by atoms with van der Waals surface area (Å²) in [5, 5.41) is 7.88. The van der Waals surface area contributed by atoms with Gasteiger partial charge in [0.15, 0.2) is 0 Å². The molecule has 8 heteroatoms. The second kappa shape index (κ2) is 7.40. The lowest BCUT2D eigenvalue weighted by molar-refractivity contribution is -0.117. The lowest BCUT2D eigenvalue weighted by Gasteiger charge is -2.27. The number of piperidine rings is 1. The Labute approximate surface area is 156 Å². The third-order valence-electron chi connectivity index (χ3n) is 4.73. The molecule has 1 saturated heterocycles. The first-order chi connectivity index (χ1) is 13.1. The number of rotatable bonds is 4. The van der Waals surface area contributed by atoms with Gasteiger partial charge in [-0.3, -0.25) is 14.4 Å². The molecule has 4 rings (SSSR count). The van der Waals surface area contributed by atoms with Crippen LogP contribution in [0.25, 0.3) is 22.2 Å². The van der Waals surface area contributed by atoms with Gasteiger partial charge in [0.05, 0.1) is 24.0 Å². The average molecular weight is 368 g/mol. The van der Waals surface area contributed by atoms with Crippen LogP contribution < -0.4 is 5.32 Å². The lowest BCUT2D eigenvalue weighted by atomic mass is 10.1. The number of carbonyl (C=O) groups excluding carboxylic acids is 1. The first-order valence-electron chi connectivity index (χ1n) is 8.99. The zero-order chi connectivity index (χ0) is 18.8. The Hall–Kier alpha value is -2.87. The van der Waals surface area contributed by atoms with Crippen molar-refractivity contribution in [2.75, 3.05) is 25.0 Å². The minimum absolute atomic E-state index is 0.150. The van der Waals surface area contributed by atoms with Crippen molar-refractivity contribution in [2.24, 2.45) is 7.05 Å². The Morgan fingerprint density at radius 2 is 2.11 bits per heavy atom. The van der Waals surface area contributed by atoms with E-state index in [9.17, 15) is 9.18 Å². The maximum absolute atomic E-state index is 13.2. The Balaban J connectivity index is 1.48. The number of nitrogens with one attached hydrogen (secondary N) is 1. The van der Waals surface area contributed by atoms with E-state index in [4.69, 9.17) is 0 Å². The number of aryl methyl sites for hydroxylation is 1. The molecule has 0 aliphatic carbocycles. The van der Waals surface area contributed by atoms with Gasteiger partial charge in [-0.2, -0.15) is 5.10 Å². The summed E-state index contributed by atoms with van der Waals surface area (Å²) in [7, 11) is 1.86. The van der Waals surface area contributed by atoms with Crippen molar-refractivity contribution in [2.45, 2.75) is 19.0 Å². The molecule has 1 fully saturated rings. The van der Waals surface area contributed by atoms with Crippen LogP contribution in [0.3, 0.4) is 0 Å². The van der Waals surface area contributed by atoms with Crippen molar-refractivity contribution in [3.8, 4) is 11.3 Å². The molecular formula is C19H21FN6O. The summed E-state index contributed by atoms with van der Waals surface area (Å²) in [5.74, 6) is 0.311. The third-order valence-corrected chi connectivity index (χ3v) is 4.73. The van der Waals surface area contributed by atoms with E-state index in [0.717, 1.165) is 22.2 Å². The molecule has 3 aromatic heterocycles. The Morgan fingerprint density at radius 3 is 2.85 bits per heavy atom. The quantitative estimate of drug-likeness (QED) is 0.765. The highest BCUT2D eigenvalue weighted by Gasteiger charge is 2.20. The summed E-state index contributed by atoms with van der Waals surface area (Å²) in [5.41, 5.74) is 2.49. The topological polar surface area (TPSA) is 75.9 Å². The molecule has 0 atom stereocenters. The second-order valence-electron chi connectivity index (χ2n) is 6.86. The molecule has 4 heterocycles. The predicted octanol–water partition coefficient (Wildman–Crippen LogP) is 2.40. The van der Waals surface area contributed by atoms with E-state index in [-0.39, 0.29) is 12.5 Å². The molecule has 7 nitrogen and oxygen atoms in total. The zero-order valence-corrected chi connectivity index (χ0v) is 15.1. The van der Waals surface area contributed by atoms with Gasteiger partial charge in [-0.15, -0.1) is 0 Å². The highest BCUT2D eigenvalue weighted by molar-refractivity contribution is 5.93. The normalized spacial score (nSPS) is 15.9. The number of likely N-dealkylation sites (tertiary alicyclic amines) is 1. The van der Waals surface area contributed by atoms with Gasteiger partial charge in [-0.25, -0.2) is 14.4 Å². The van der Waals surface area contributed by atoms with Crippen LogP contribution in [0.4, 0.5) is 10.2 Å². The predicted molar refractivity (Wildman–Crippen MR) is 101 cm³/mol. The smallest absolute Gasteiger partial charge is 0.239 e. The van der Waals surface area contributed by atoms with Crippen LogP contribution in [0.5, 0.6) is 0 Å². The molecule has 1 aliphatic rings. The van der Waals surface area contributed by atoms with Gasteiger partial charge in [-0.1, -0.05) is 0 Å². The van der Waals surface area contributed by atoms with Crippen molar-refractivity contribution in [1.29, 1.82) is 0 Å². The maximum atomic E-state index is 13.2. The van der Waals surface area contributed by atoms with E-state index in [1.165, 1.54) is 0 Å². The van der Waals surface area contributed by atoms with Gasteiger partial charge in [0.25, 0.3) is 0 Å². The number of anilines is 1. The number of alkyl halides is 1. The number of halogens is 1. The molecule has 1 aliphatic heterocycles. The number of carbonyl (C=O) groups is 1. The van der Waals surface area contributed by atoms with Crippen LogP contribution in [0.15, 0.2) is 36.8 Å². The summed E-state index contributed by atoms with van der Waals surface area (Å²) in [6.45, 7) is 1.46. The van der Waals surface area contributed by atoms with Gasteiger partial charge in [-0.05, 0) is 25.0 Å². The first kappa shape index (κ1) is 17.5. The molecule has 3 aromatic rings. The number of aromatic nitrogens is 4. The minimum Gasteiger partial charge on any atom is -0.310 e. The van der Waals surface area contributed by atoms with E-state index in [2.05, 4.69) is 20.4 Å². The minimum atomic E-state index is -0.744. The third kappa shape index (κ3) is 4.11. The average Bonchev–Trinajstić information content (AvgIpc) is 3.09. The molecule has 0 spiro atoms. The Morgan fingerprint density at radius 1 is 1.30 bits per heavy atom. The Bertz CT molecular complexity index is 964. The van der Waals surface area contributed by atoms with E-state index >= 15 is 0 Å². The second-order valence-corrected chi connectivity index (χ2v) is 6.86. The molecule has 140 valence electrons. The number of amides is 1. The van der Waals surface area contributed by atoms with Crippen molar-refractivity contribution in [3.05, 3.63) is 36.8 Å². The molecule has 0 saturated carbocycles. The molecule has 0 unspecified atom stereocenters. The van der Waals surface area contributed by atoms with Crippen LogP contribution in [0.2, 0.25) is 0 Å². The monoisotopic (exact) mass is 368 g/mol. The fourth-order valence-corrected chi connectivity index (χ4v) is 3.24. The van der Waals surface area contributed by atoms with E-state index in [1.807, 2.05) is 30.3 Å². The number of pyridine rings is 2. The van der Waals surface area contributed by atoms with Crippen molar-refractivity contribution < 1.29 is 9.18 Å². The Kier molecular flexibility index (Phi) is 4.81. The van der Waals surface area contributed by atoms with E-state index in [1.54, 1.807) is 23.1 Å². The van der Waals surface area contributed by atoms with Gasteiger partial charge in [0.1, 0.15) is 12.0 Å². The molecule has 1 N–H and O–H groups in total. The van der Waals surface area contributed by atoms with Crippen molar-refractivity contribution >= 4 is 22.6 Å².